The Morgan fingerprint density at radius 3 is 1.71 bits per heavy atom. The Bertz CT molecular complexity index is 2090. The number of allylic oxidation sites excluding steroid dienone is 5. The van der Waals surface area contributed by atoms with Crippen LogP contribution in [0, 0.1) is 0 Å². The molecular weight excluding hydrogens is 508 g/mol. The normalized spacial score (nSPS) is 12.1. The van der Waals surface area contributed by atoms with E-state index in [9.17, 15) is 0 Å². The summed E-state index contributed by atoms with van der Waals surface area (Å²) in [6.45, 7) is 5.89. The van der Waals surface area contributed by atoms with Crippen LogP contribution >= 0.6 is 0 Å². The molecule has 1 aromatic heterocycles. The molecule has 2 nitrogen and oxygen atoms in total. The van der Waals surface area contributed by atoms with Crippen LogP contribution in [0.3, 0.4) is 0 Å². The second-order valence-corrected chi connectivity index (χ2v) is 10.4. The van der Waals surface area contributed by atoms with Gasteiger partial charge in [-0.3, -0.25) is 4.57 Å². The van der Waals surface area contributed by atoms with E-state index in [4.69, 9.17) is 4.98 Å². The molecule has 0 unspecified atom stereocenters. The predicted octanol–water partition coefficient (Wildman–Crippen LogP) is 10.8. The van der Waals surface area contributed by atoms with Crippen LogP contribution in [-0.4, -0.2) is 9.55 Å². The lowest BCUT2D eigenvalue weighted by molar-refractivity contribution is 1.06. The smallest absolute Gasteiger partial charge is 0.145 e. The van der Waals surface area contributed by atoms with E-state index in [1.807, 2.05) is 19.1 Å². The fourth-order valence-corrected chi connectivity index (χ4v) is 6.08. The van der Waals surface area contributed by atoms with Crippen molar-refractivity contribution in [1.29, 1.82) is 0 Å². The molecule has 0 amide bonds. The first kappa shape index (κ1) is 25.5. The van der Waals surface area contributed by atoms with Crippen molar-refractivity contribution >= 4 is 38.2 Å². The van der Waals surface area contributed by atoms with E-state index in [0.717, 1.165) is 28.1 Å². The summed E-state index contributed by atoms with van der Waals surface area (Å²) in [5, 5.41) is 5.02. The van der Waals surface area contributed by atoms with Gasteiger partial charge in [-0.25, -0.2) is 4.98 Å². The average molecular weight is 539 g/mol. The summed E-state index contributed by atoms with van der Waals surface area (Å²) in [5.74, 6) is 0.910. The van der Waals surface area contributed by atoms with Gasteiger partial charge in [0.25, 0.3) is 0 Å². The van der Waals surface area contributed by atoms with Crippen LogP contribution < -0.4 is 0 Å². The van der Waals surface area contributed by atoms with Gasteiger partial charge in [-0.2, -0.15) is 0 Å². The molecule has 1 heterocycles. The Balaban J connectivity index is 1.45. The van der Waals surface area contributed by atoms with E-state index in [1.54, 1.807) is 6.08 Å². The van der Waals surface area contributed by atoms with E-state index in [0.29, 0.717) is 0 Å². The van der Waals surface area contributed by atoms with Gasteiger partial charge in [-0.15, -0.1) is 0 Å². The molecule has 0 saturated carbocycles. The molecular formula is C40H30N2. The van der Waals surface area contributed by atoms with Crippen LogP contribution in [0.25, 0.3) is 66.1 Å². The van der Waals surface area contributed by atoms with Crippen molar-refractivity contribution in [3.8, 4) is 27.9 Å². The molecule has 0 aliphatic carbocycles. The largest absolute Gasteiger partial charge is 0.292 e. The van der Waals surface area contributed by atoms with Crippen LogP contribution in [0.15, 0.2) is 158 Å². The van der Waals surface area contributed by atoms with Gasteiger partial charge in [-0.05, 0) is 75.0 Å². The van der Waals surface area contributed by atoms with E-state index < -0.39 is 0 Å². The number of hydrogen-bond donors (Lipinski definition) is 0. The highest BCUT2D eigenvalue weighted by molar-refractivity contribution is 6.21. The van der Waals surface area contributed by atoms with Crippen molar-refractivity contribution in [2.24, 2.45) is 0 Å². The lowest BCUT2D eigenvalue weighted by Crippen LogP contribution is -2.00. The van der Waals surface area contributed by atoms with Gasteiger partial charge in [0.15, 0.2) is 0 Å². The molecule has 0 saturated heterocycles. The van der Waals surface area contributed by atoms with E-state index >= 15 is 0 Å². The first-order valence-electron chi connectivity index (χ1n) is 14.3. The second kappa shape index (κ2) is 10.8. The Hall–Kier alpha value is -5.47. The zero-order valence-corrected chi connectivity index (χ0v) is 23.5. The number of nitrogens with zero attached hydrogens (tertiary/aromatic N) is 2. The number of para-hydroxylation sites is 2. The van der Waals surface area contributed by atoms with Crippen LogP contribution in [0.1, 0.15) is 12.7 Å². The highest BCUT2D eigenvalue weighted by Crippen LogP contribution is 2.43. The van der Waals surface area contributed by atoms with Crippen LogP contribution in [0.4, 0.5) is 0 Å². The maximum atomic E-state index is 5.02. The van der Waals surface area contributed by atoms with Crippen molar-refractivity contribution in [2.75, 3.05) is 0 Å². The van der Waals surface area contributed by atoms with Gasteiger partial charge in [0.1, 0.15) is 5.82 Å². The zero-order chi connectivity index (χ0) is 28.5. The minimum absolute atomic E-state index is 0.910. The fourth-order valence-electron chi connectivity index (χ4n) is 6.08. The highest BCUT2D eigenvalue weighted by Gasteiger charge is 2.18. The zero-order valence-electron chi connectivity index (χ0n) is 23.5. The molecule has 42 heavy (non-hydrogen) atoms. The number of aromatic nitrogens is 2. The minimum atomic E-state index is 0.910. The maximum Gasteiger partial charge on any atom is 0.145 e. The maximum absolute atomic E-state index is 5.02. The van der Waals surface area contributed by atoms with Crippen LogP contribution in [0.5, 0.6) is 0 Å². The summed E-state index contributed by atoms with van der Waals surface area (Å²) in [5.41, 5.74) is 9.12. The van der Waals surface area contributed by atoms with E-state index in [-0.39, 0.29) is 0 Å². The Morgan fingerprint density at radius 1 is 0.619 bits per heavy atom. The number of imidazole rings is 1. The predicted molar refractivity (Wildman–Crippen MR) is 180 cm³/mol. The average Bonchev–Trinajstić information content (AvgIpc) is 3.44. The molecule has 0 radical (unpaired) electrons. The topological polar surface area (TPSA) is 17.8 Å². The van der Waals surface area contributed by atoms with E-state index in [2.05, 4.69) is 145 Å². The molecule has 2 heteroatoms. The van der Waals surface area contributed by atoms with Crippen molar-refractivity contribution in [3.05, 3.63) is 164 Å². The SMILES string of the molecule is C=C/C=C\C(=C/C)c1nc2ccccc2n1-c1ccc(-c2c3ccccc3c(-c3ccccc3)c3ccccc23)cc1. The highest BCUT2D eigenvalue weighted by atomic mass is 15.1. The quantitative estimate of drug-likeness (QED) is 0.152. The van der Waals surface area contributed by atoms with Gasteiger partial charge in [0.05, 0.1) is 11.0 Å². The third-order valence-corrected chi connectivity index (χ3v) is 7.95. The summed E-state index contributed by atoms with van der Waals surface area (Å²) < 4.78 is 2.25. The number of benzene rings is 6. The van der Waals surface area contributed by atoms with Gasteiger partial charge < -0.3 is 0 Å². The molecule has 200 valence electrons. The molecule has 0 aliphatic rings. The Labute approximate surface area is 246 Å². The van der Waals surface area contributed by atoms with Crippen LogP contribution in [0.2, 0.25) is 0 Å². The molecule has 0 aliphatic heterocycles. The molecule has 6 aromatic carbocycles. The second-order valence-electron chi connectivity index (χ2n) is 10.4. The minimum Gasteiger partial charge on any atom is -0.292 e. The van der Waals surface area contributed by atoms with Crippen molar-refractivity contribution in [1.82, 2.24) is 9.55 Å². The summed E-state index contributed by atoms with van der Waals surface area (Å²) in [6.07, 6.45) is 7.91. The third-order valence-electron chi connectivity index (χ3n) is 7.95. The fraction of sp³-hybridized carbons (Fsp3) is 0.0250. The van der Waals surface area contributed by atoms with Gasteiger partial charge in [0, 0.05) is 11.3 Å². The molecule has 7 aromatic rings. The third kappa shape index (κ3) is 4.25. The summed E-state index contributed by atoms with van der Waals surface area (Å²) in [4.78, 5) is 5.02. The monoisotopic (exact) mass is 538 g/mol. The Kier molecular flexibility index (Phi) is 6.58. The Morgan fingerprint density at radius 2 is 1.14 bits per heavy atom. The van der Waals surface area contributed by atoms with Gasteiger partial charge in [-0.1, -0.05) is 134 Å². The first-order valence-corrected chi connectivity index (χ1v) is 14.3. The molecule has 0 N–H and O–H groups in total. The molecule has 0 fully saturated rings. The number of hydrogen-bond acceptors (Lipinski definition) is 1. The van der Waals surface area contributed by atoms with Gasteiger partial charge >= 0.3 is 0 Å². The molecule has 0 atom stereocenters. The molecule has 7 rings (SSSR count). The van der Waals surface area contributed by atoms with Gasteiger partial charge in [0.2, 0.25) is 0 Å². The van der Waals surface area contributed by atoms with E-state index in [1.165, 1.54) is 43.8 Å². The van der Waals surface area contributed by atoms with Crippen molar-refractivity contribution in [2.45, 2.75) is 6.92 Å². The molecule has 0 bridgehead atoms. The van der Waals surface area contributed by atoms with Crippen molar-refractivity contribution < 1.29 is 0 Å². The standard InChI is InChI=1S/C40H30N2/c1-3-5-15-28(4-2)40-41-36-22-13-14-23-37(36)42(40)31-26-24-30(25-27-31)39-34-20-11-9-18-32(34)38(29-16-7-6-8-17-29)33-19-10-12-21-35(33)39/h3-27H,1H2,2H3/b15-5-,28-4+. The summed E-state index contributed by atoms with van der Waals surface area (Å²) in [6, 6.07) is 45.5. The van der Waals surface area contributed by atoms with Crippen molar-refractivity contribution in [3.63, 3.8) is 0 Å². The number of fused-ring (bicyclic) bond motifs is 3. The lowest BCUT2D eigenvalue weighted by atomic mass is 9.86. The summed E-state index contributed by atoms with van der Waals surface area (Å²) >= 11 is 0. The lowest BCUT2D eigenvalue weighted by Gasteiger charge is -2.18. The first-order chi connectivity index (χ1) is 20.8. The van der Waals surface area contributed by atoms with Crippen LogP contribution in [-0.2, 0) is 0 Å². The number of rotatable bonds is 6. The molecule has 0 spiro atoms. The summed E-state index contributed by atoms with van der Waals surface area (Å²) in [7, 11) is 0.